The smallest absolute Gasteiger partial charge is 0.423 e. The van der Waals surface area contributed by atoms with Crippen LogP contribution in [0, 0.1) is 6.92 Å². The maximum Gasteiger partial charge on any atom is 0.423 e. The van der Waals surface area contributed by atoms with E-state index in [9.17, 15) is 23.1 Å². The second-order valence-electron chi connectivity index (χ2n) is 6.91. The third kappa shape index (κ3) is 3.97. The molecule has 3 rings (SSSR count). The zero-order valence-corrected chi connectivity index (χ0v) is 17.1. The van der Waals surface area contributed by atoms with Crippen LogP contribution >= 0.6 is 23.2 Å². The Morgan fingerprint density at radius 2 is 1.86 bits per heavy atom. The fraction of sp³-hybridized carbons (Fsp3) is 0.350. The highest BCUT2D eigenvalue weighted by atomic mass is 35.5. The zero-order chi connectivity index (χ0) is 21.6. The molecule has 0 amide bonds. The van der Waals surface area contributed by atoms with Gasteiger partial charge in [0.25, 0.3) is 0 Å². The number of carboxylic acid groups (broad SMARTS) is 1. The summed E-state index contributed by atoms with van der Waals surface area (Å²) in [6.07, 6.45) is -5.16. The van der Waals surface area contributed by atoms with Crippen LogP contribution in [0.1, 0.15) is 46.4 Å². The molecule has 29 heavy (non-hydrogen) atoms. The maximum atomic E-state index is 14.3. The zero-order valence-electron chi connectivity index (χ0n) is 15.6. The number of carbonyl (C=O) groups is 1. The number of hydrogen-bond acceptors (Lipinski definition) is 3. The Balaban J connectivity index is 2.10. The van der Waals surface area contributed by atoms with Crippen LogP contribution in [0.3, 0.4) is 0 Å². The van der Waals surface area contributed by atoms with Crippen LogP contribution in [0.4, 0.5) is 13.2 Å². The molecule has 1 aliphatic heterocycles. The van der Waals surface area contributed by atoms with Crippen LogP contribution in [0.5, 0.6) is 0 Å². The number of carboxylic acids is 1. The van der Waals surface area contributed by atoms with E-state index < -0.39 is 30.2 Å². The van der Waals surface area contributed by atoms with Crippen molar-refractivity contribution in [3.8, 4) is 0 Å². The number of alkyl halides is 3. The molecule has 1 N–H and O–H groups in total. The first-order chi connectivity index (χ1) is 13.5. The molecule has 0 aliphatic carbocycles. The van der Waals surface area contributed by atoms with E-state index >= 15 is 0 Å². The predicted octanol–water partition coefficient (Wildman–Crippen LogP) is 6.16. The van der Waals surface area contributed by atoms with Crippen molar-refractivity contribution in [2.75, 3.05) is 6.54 Å². The molecule has 0 aromatic heterocycles. The molecule has 2 aromatic rings. The Labute approximate surface area is 175 Å². The summed E-state index contributed by atoms with van der Waals surface area (Å²) in [6, 6.07) is 7.52. The first-order valence-corrected chi connectivity index (χ1v) is 9.57. The van der Waals surface area contributed by atoms with E-state index in [4.69, 9.17) is 28.0 Å². The summed E-state index contributed by atoms with van der Waals surface area (Å²) in [5.41, 5.74) is -1.71. The van der Waals surface area contributed by atoms with Gasteiger partial charge in [0.2, 0.25) is 5.60 Å². The van der Waals surface area contributed by atoms with Crippen molar-refractivity contribution in [3.05, 3.63) is 68.7 Å². The van der Waals surface area contributed by atoms with Crippen LogP contribution in [0.2, 0.25) is 10.0 Å². The Bertz CT molecular complexity index is 931. The first kappa shape index (κ1) is 21.9. The van der Waals surface area contributed by atoms with E-state index in [1.807, 2.05) is 0 Å². The fourth-order valence-corrected chi connectivity index (χ4v) is 4.19. The van der Waals surface area contributed by atoms with Gasteiger partial charge < -0.3 is 5.11 Å². The Morgan fingerprint density at radius 1 is 1.24 bits per heavy atom. The summed E-state index contributed by atoms with van der Waals surface area (Å²) in [6.45, 7) is 3.48. The quantitative estimate of drug-likeness (QED) is 0.609. The minimum atomic E-state index is -4.74. The van der Waals surface area contributed by atoms with Gasteiger partial charge in [-0.3, -0.25) is 4.84 Å². The molecule has 0 bridgehead atoms. The van der Waals surface area contributed by atoms with Gasteiger partial charge in [0.05, 0.1) is 11.6 Å². The van der Waals surface area contributed by atoms with Gasteiger partial charge in [-0.05, 0) is 47.9 Å². The van der Waals surface area contributed by atoms with E-state index in [1.54, 1.807) is 19.9 Å². The number of benzene rings is 2. The van der Waals surface area contributed by atoms with Crippen LogP contribution < -0.4 is 0 Å². The second kappa shape index (κ2) is 7.80. The second-order valence-corrected chi connectivity index (χ2v) is 7.78. The van der Waals surface area contributed by atoms with Crippen molar-refractivity contribution in [2.24, 2.45) is 0 Å². The number of nitrogens with zero attached hydrogens (tertiary/aromatic N) is 1. The minimum Gasteiger partial charge on any atom is -0.478 e. The number of rotatable bonds is 4. The molecule has 0 spiro atoms. The number of aromatic carboxylic acids is 1. The summed E-state index contributed by atoms with van der Waals surface area (Å²) in [4.78, 5) is 16.8. The lowest BCUT2D eigenvalue weighted by molar-refractivity contribution is -0.327. The van der Waals surface area contributed by atoms with E-state index in [0.29, 0.717) is 11.1 Å². The summed E-state index contributed by atoms with van der Waals surface area (Å²) >= 11 is 11.9. The molecule has 0 radical (unpaired) electrons. The molecular weight excluding hydrogens is 430 g/mol. The van der Waals surface area contributed by atoms with Crippen molar-refractivity contribution in [1.82, 2.24) is 5.06 Å². The van der Waals surface area contributed by atoms with Crippen LogP contribution in [0.25, 0.3) is 0 Å². The van der Waals surface area contributed by atoms with Crippen LogP contribution in [-0.4, -0.2) is 28.9 Å². The van der Waals surface area contributed by atoms with Gasteiger partial charge in [0, 0.05) is 23.0 Å². The maximum absolute atomic E-state index is 14.3. The topological polar surface area (TPSA) is 49.8 Å². The highest BCUT2D eigenvalue weighted by molar-refractivity contribution is 6.34. The van der Waals surface area contributed by atoms with Crippen molar-refractivity contribution >= 4 is 29.2 Å². The molecule has 1 fully saturated rings. The van der Waals surface area contributed by atoms with E-state index in [-0.39, 0.29) is 27.7 Å². The molecule has 4 nitrogen and oxygen atoms in total. The minimum absolute atomic E-state index is 0.0767. The van der Waals surface area contributed by atoms with E-state index in [0.717, 1.165) is 0 Å². The normalized spacial score (nSPS) is 22.8. The largest absolute Gasteiger partial charge is 0.478 e. The van der Waals surface area contributed by atoms with Gasteiger partial charge in [0.1, 0.15) is 0 Å². The van der Waals surface area contributed by atoms with Crippen LogP contribution in [-0.2, 0) is 10.4 Å². The molecule has 9 heteroatoms. The van der Waals surface area contributed by atoms with Gasteiger partial charge >= 0.3 is 12.1 Å². The Kier molecular flexibility index (Phi) is 5.89. The Morgan fingerprint density at radius 3 is 2.34 bits per heavy atom. The molecular formula is C20H18Cl2F3NO3. The highest BCUT2D eigenvalue weighted by Gasteiger charge is 2.64. The monoisotopic (exact) mass is 447 g/mol. The lowest BCUT2D eigenvalue weighted by Gasteiger charge is -2.31. The van der Waals surface area contributed by atoms with E-state index in [2.05, 4.69) is 0 Å². The van der Waals surface area contributed by atoms with Gasteiger partial charge in [-0.25, -0.2) is 4.79 Å². The molecule has 2 unspecified atom stereocenters. The van der Waals surface area contributed by atoms with Gasteiger partial charge in [0.15, 0.2) is 0 Å². The molecule has 2 atom stereocenters. The number of halogens is 5. The van der Waals surface area contributed by atoms with Crippen molar-refractivity contribution in [1.29, 1.82) is 0 Å². The third-order valence-electron chi connectivity index (χ3n) is 5.07. The third-order valence-corrected chi connectivity index (χ3v) is 5.50. The van der Waals surface area contributed by atoms with Crippen molar-refractivity contribution in [2.45, 2.75) is 38.1 Å². The highest BCUT2D eigenvalue weighted by Crippen LogP contribution is 2.55. The van der Waals surface area contributed by atoms with Gasteiger partial charge in [-0.15, -0.1) is 0 Å². The molecule has 156 valence electrons. The summed E-state index contributed by atoms with van der Waals surface area (Å²) in [5.74, 6) is -1.10. The van der Waals surface area contributed by atoms with E-state index in [1.165, 1.54) is 35.4 Å². The molecule has 1 aliphatic rings. The number of aryl methyl sites for hydroxylation is 1. The van der Waals surface area contributed by atoms with Crippen LogP contribution in [0.15, 0.2) is 36.4 Å². The molecule has 1 saturated heterocycles. The fourth-order valence-electron chi connectivity index (χ4n) is 3.67. The average Bonchev–Trinajstić information content (AvgIpc) is 3.01. The SMILES string of the molecule is CCN1OC(c2cc(Cl)cc(Cl)c2)(C(F)(F)F)CC1c1ccc(C(=O)O)c(C)c1. The lowest BCUT2D eigenvalue weighted by atomic mass is 9.85. The molecule has 2 aromatic carbocycles. The molecule has 0 saturated carbocycles. The first-order valence-electron chi connectivity index (χ1n) is 8.81. The average molecular weight is 448 g/mol. The summed E-state index contributed by atoms with van der Waals surface area (Å²) in [5, 5.41) is 10.6. The van der Waals surface area contributed by atoms with Crippen molar-refractivity contribution in [3.63, 3.8) is 0 Å². The Hall–Kier alpha value is -1.80. The summed E-state index contributed by atoms with van der Waals surface area (Å²) < 4.78 is 42.9. The standard InChI is InChI=1S/C20H18Cl2F3NO3/c1-3-26-17(12-4-5-16(18(27)28)11(2)6-12)10-19(29-26,20(23,24)25)13-7-14(21)9-15(22)8-13/h4-9,17H,3,10H2,1-2H3,(H,27,28). The van der Waals surface area contributed by atoms with Gasteiger partial charge in [-0.1, -0.05) is 42.3 Å². The molecule has 1 heterocycles. The predicted molar refractivity (Wildman–Crippen MR) is 103 cm³/mol. The number of hydrogen-bond donors (Lipinski definition) is 1. The summed E-state index contributed by atoms with van der Waals surface area (Å²) in [7, 11) is 0. The number of hydroxylamine groups is 2. The lowest BCUT2D eigenvalue weighted by Crippen LogP contribution is -2.43. The van der Waals surface area contributed by atoms with Gasteiger partial charge in [-0.2, -0.15) is 18.2 Å². The van der Waals surface area contributed by atoms with Crippen molar-refractivity contribution < 1.29 is 27.9 Å².